The molecule has 7 nitrogen and oxygen atoms in total. The van der Waals surface area contributed by atoms with Crippen molar-refractivity contribution in [3.63, 3.8) is 0 Å². The second-order valence-electron chi connectivity index (χ2n) is 6.56. The number of phenols is 1. The number of hydrogen-bond donors (Lipinski definition) is 2. The van der Waals surface area contributed by atoms with Gasteiger partial charge in [0.15, 0.2) is 0 Å². The third-order valence-electron chi connectivity index (χ3n) is 4.69. The average Bonchev–Trinajstić information content (AvgIpc) is 3.04. The van der Waals surface area contributed by atoms with Crippen LogP contribution in [-0.4, -0.2) is 40.1 Å². The van der Waals surface area contributed by atoms with E-state index in [0.717, 1.165) is 5.56 Å². The Balaban J connectivity index is 1.52. The minimum absolute atomic E-state index is 0.0136. The number of nitrogens with zero attached hydrogens (tertiary/aromatic N) is 2. The fourth-order valence-electron chi connectivity index (χ4n) is 3.27. The summed E-state index contributed by atoms with van der Waals surface area (Å²) in [4.78, 5) is 26.8. The summed E-state index contributed by atoms with van der Waals surface area (Å²) in [6, 6.07) is 9.32. The van der Waals surface area contributed by atoms with Crippen molar-refractivity contribution < 1.29 is 23.8 Å². The van der Waals surface area contributed by atoms with Crippen molar-refractivity contribution in [1.82, 2.24) is 15.1 Å². The Morgan fingerprint density at radius 3 is 2.56 bits per heavy atom. The maximum Gasteiger partial charge on any atom is 0.415 e. The third kappa shape index (κ3) is 3.38. The zero-order valence-electron chi connectivity index (χ0n) is 14.4. The van der Waals surface area contributed by atoms with Gasteiger partial charge in [0.25, 0.3) is 0 Å². The first-order valence-electron chi connectivity index (χ1n) is 8.59. The van der Waals surface area contributed by atoms with Gasteiger partial charge < -0.3 is 20.1 Å². The van der Waals surface area contributed by atoms with Gasteiger partial charge in [-0.25, -0.2) is 14.0 Å². The minimum Gasteiger partial charge on any atom is -0.508 e. The number of urea groups is 1. The number of phenolic OH excluding ortho intramolecular Hbond substituents is 1. The lowest BCUT2D eigenvalue weighted by Crippen LogP contribution is -2.36. The molecule has 2 aromatic rings. The minimum atomic E-state index is -0.600. The molecule has 0 saturated carbocycles. The molecule has 2 aliphatic heterocycles. The number of benzene rings is 2. The van der Waals surface area contributed by atoms with Crippen LogP contribution >= 0.6 is 0 Å². The van der Waals surface area contributed by atoms with Crippen molar-refractivity contribution in [2.24, 2.45) is 0 Å². The second kappa shape index (κ2) is 6.79. The Morgan fingerprint density at radius 1 is 1.11 bits per heavy atom. The van der Waals surface area contributed by atoms with Crippen LogP contribution in [0.4, 0.5) is 14.0 Å². The number of ether oxygens (including phenoxy) is 1. The molecule has 1 saturated heterocycles. The summed E-state index contributed by atoms with van der Waals surface area (Å²) in [7, 11) is 0. The molecule has 2 aliphatic rings. The van der Waals surface area contributed by atoms with Crippen molar-refractivity contribution >= 4 is 12.1 Å². The second-order valence-corrected chi connectivity index (χ2v) is 6.56. The first-order chi connectivity index (χ1) is 13.0. The zero-order valence-corrected chi connectivity index (χ0v) is 14.4. The molecule has 0 atom stereocenters. The lowest BCUT2D eigenvalue weighted by Gasteiger charge is -2.28. The van der Waals surface area contributed by atoms with E-state index in [1.807, 2.05) is 0 Å². The summed E-state index contributed by atoms with van der Waals surface area (Å²) in [6.07, 6.45) is -0.600. The van der Waals surface area contributed by atoms with E-state index in [1.165, 1.54) is 17.0 Å². The van der Waals surface area contributed by atoms with Crippen LogP contribution in [0, 0.1) is 5.82 Å². The van der Waals surface area contributed by atoms with E-state index in [9.17, 15) is 19.1 Å². The highest BCUT2D eigenvalue weighted by Crippen LogP contribution is 2.30. The highest BCUT2D eigenvalue weighted by atomic mass is 19.1. The first-order valence-corrected chi connectivity index (χ1v) is 8.59. The first kappa shape index (κ1) is 17.1. The van der Waals surface area contributed by atoms with Gasteiger partial charge in [-0.1, -0.05) is 18.2 Å². The van der Waals surface area contributed by atoms with Crippen LogP contribution < -0.4 is 10.1 Å². The fraction of sp³-hybridized carbons (Fsp3) is 0.263. The van der Waals surface area contributed by atoms with E-state index in [2.05, 4.69) is 5.32 Å². The van der Waals surface area contributed by atoms with Gasteiger partial charge in [-0.3, -0.25) is 4.90 Å². The summed E-state index contributed by atoms with van der Waals surface area (Å²) < 4.78 is 20.1. The van der Waals surface area contributed by atoms with E-state index < -0.39 is 11.9 Å². The molecular weight excluding hydrogens is 353 g/mol. The van der Waals surface area contributed by atoms with Crippen molar-refractivity contribution in [3.8, 4) is 11.5 Å². The van der Waals surface area contributed by atoms with Crippen molar-refractivity contribution in [1.29, 1.82) is 0 Å². The maximum atomic E-state index is 14.9. The van der Waals surface area contributed by atoms with Crippen molar-refractivity contribution in [2.45, 2.75) is 19.6 Å². The Hall–Kier alpha value is -3.29. The van der Waals surface area contributed by atoms with Crippen LogP contribution in [0.5, 0.6) is 11.5 Å². The third-order valence-corrected chi connectivity index (χ3v) is 4.69. The lowest BCUT2D eigenvalue weighted by atomic mass is 10.1. The lowest BCUT2D eigenvalue weighted by molar-refractivity contribution is 0.134. The van der Waals surface area contributed by atoms with E-state index in [-0.39, 0.29) is 31.4 Å². The molecule has 1 fully saturated rings. The summed E-state index contributed by atoms with van der Waals surface area (Å²) in [6.45, 7) is 1.56. The molecule has 0 bridgehead atoms. The number of fused-ring (bicyclic) bond motifs is 1. The van der Waals surface area contributed by atoms with Gasteiger partial charge in [0.05, 0.1) is 19.6 Å². The standard InChI is InChI=1S/C19H18FN3O4/c20-17-13(10-22-7-6-21-18(22)25)2-1-3-14(17)11-23-9-12-4-5-15(24)8-16(12)27-19(23)26/h1-5,8,24H,6-7,9-11H2,(H,21,25). The molecular formula is C19H18FN3O4. The Labute approximate surface area is 154 Å². The SMILES string of the molecule is O=C1NCCN1Cc1cccc(CN2Cc3ccc(O)cc3OC2=O)c1F. The van der Waals surface area contributed by atoms with Gasteiger partial charge in [-0.2, -0.15) is 0 Å². The summed E-state index contributed by atoms with van der Waals surface area (Å²) in [5.41, 5.74) is 1.49. The molecule has 2 N–H and O–H groups in total. The van der Waals surface area contributed by atoms with Crippen LogP contribution in [0.15, 0.2) is 36.4 Å². The molecule has 8 heteroatoms. The number of carbonyl (C=O) groups excluding carboxylic acids is 2. The fourth-order valence-corrected chi connectivity index (χ4v) is 3.27. The maximum absolute atomic E-state index is 14.9. The number of aromatic hydroxyl groups is 1. The highest BCUT2D eigenvalue weighted by molar-refractivity contribution is 5.76. The average molecular weight is 371 g/mol. The Bertz CT molecular complexity index is 918. The van der Waals surface area contributed by atoms with Crippen LogP contribution in [-0.2, 0) is 19.6 Å². The monoisotopic (exact) mass is 371 g/mol. The number of carbonyl (C=O) groups is 2. The van der Waals surface area contributed by atoms with Crippen molar-refractivity contribution in [3.05, 3.63) is 58.9 Å². The van der Waals surface area contributed by atoms with E-state index >= 15 is 0 Å². The van der Waals surface area contributed by atoms with Gasteiger partial charge in [-0.05, 0) is 12.1 Å². The van der Waals surface area contributed by atoms with Gasteiger partial charge in [0.1, 0.15) is 17.3 Å². The number of rotatable bonds is 4. The van der Waals surface area contributed by atoms with Gasteiger partial charge in [0.2, 0.25) is 0 Å². The summed E-state index contributed by atoms with van der Waals surface area (Å²) in [5.74, 6) is -0.105. The number of amides is 3. The van der Waals surface area contributed by atoms with E-state index in [1.54, 1.807) is 29.2 Å². The molecule has 2 heterocycles. The number of halogens is 1. The molecule has 2 aromatic carbocycles. The van der Waals surface area contributed by atoms with Gasteiger partial charge in [0, 0.05) is 35.8 Å². The topological polar surface area (TPSA) is 82.1 Å². The zero-order chi connectivity index (χ0) is 19.0. The molecule has 0 spiro atoms. The smallest absolute Gasteiger partial charge is 0.415 e. The largest absolute Gasteiger partial charge is 0.508 e. The van der Waals surface area contributed by atoms with E-state index in [4.69, 9.17) is 4.74 Å². The number of hydrogen-bond acceptors (Lipinski definition) is 4. The molecule has 4 rings (SSSR count). The van der Waals surface area contributed by atoms with Gasteiger partial charge >= 0.3 is 12.1 Å². The molecule has 0 aliphatic carbocycles. The Kier molecular flexibility index (Phi) is 4.31. The molecule has 3 amide bonds. The van der Waals surface area contributed by atoms with Crippen LogP contribution in [0.2, 0.25) is 0 Å². The van der Waals surface area contributed by atoms with Crippen LogP contribution in [0.1, 0.15) is 16.7 Å². The number of nitrogens with one attached hydrogen (secondary N) is 1. The quantitative estimate of drug-likeness (QED) is 0.866. The van der Waals surface area contributed by atoms with Crippen LogP contribution in [0.25, 0.3) is 0 Å². The molecule has 140 valence electrons. The summed E-state index contributed by atoms with van der Waals surface area (Å²) >= 11 is 0. The van der Waals surface area contributed by atoms with Gasteiger partial charge in [-0.15, -0.1) is 0 Å². The van der Waals surface area contributed by atoms with Crippen molar-refractivity contribution in [2.75, 3.05) is 13.1 Å². The highest BCUT2D eigenvalue weighted by Gasteiger charge is 2.27. The van der Waals surface area contributed by atoms with E-state index in [0.29, 0.717) is 30.0 Å². The Morgan fingerprint density at radius 2 is 1.85 bits per heavy atom. The normalized spacial score (nSPS) is 16.2. The molecule has 27 heavy (non-hydrogen) atoms. The summed E-state index contributed by atoms with van der Waals surface area (Å²) in [5, 5.41) is 12.2. The molecule has 0 aromatic heterocycles. The van der Waals surface area contributed by atoms with Crippen LogP contribution in [0.3, 0.4) is 0 Å². The predicted molar refractivity (Wildman–Crippen MR) is 93.6 cm³/mol. The molecule has 0 radical (unpaired) electrons. The molecule has 0 unspecified atom stereocenters. The predicted octanol–water partition coefficient (Wildman–Crippen LogP) is 2.57.